The minimum absolute atomic E-state index is 0.295. The summed E-state index contributed by atoms with van der Waals surface area (Å²) in [6.07, 6.45) is 4.54. The molecule has 0 saturated carbocycles. The third kappa shape index (κ3) is 2.58. The van der Waals surface area contributed by atoms with Crippen LogP contribution in [-0.2, 0) is 4.74 Å². The molecule has 0 fully saturated rings. The largest absolute Gasteiger partial charge is 0.484 e. The van der Waals surface area contributed by atoms with E-state index in [4.69, 9.17) is 4.74 Å². The standard InChI is InChI=1S/C13H17NO/c1-15-13-10-6-5-9-12(14-13)11-7-3-2-4-8-11/h2-4,7-8,12H,5-6,9-10H2,1H3. The molecule has 0 saturated heterocycles. The van der Waals surface area contributed by atoms with Crippen molar-refractivity contribution < 1.29 is 4.74 Å². The number of methoxy groups -OCH3 is 1. The summed E-state index contributed by atoms with van der Waals surface area (Å²) in [4.78, 5) is 4.66. The quantitative estimate of drug-likeness (QED) is 0.686. The summed E-state index contributed by atoms with van der Waals surface area (Å²) in [6, 6.07) is 10.8. The number of benzene rings is 1. The molecular weight excluding hydrogens is 186 g/mol. The van der Waals surface area contributed by atoms with Crippen LogP contribution in [-0.4, -0.2) is 13.0 Å². The molecule has 0 spiro atoms. The highest BCUT2D eigenvalue weighted by atomic mass is 16.5. The summed E-state index contributed by atoms with van der Waals surface area (Å²) >= 11 is 0. The van der Waals surface area contributed by atoms with Crippen LogP contribution in [0.4, 0.5) is 0 Å². The fourth-order valence-corrected chi connectivity index (χ4v) is 1.99. The lowest BCUT2D eigenvalue weighted by Gasteiger charge is -2.11. The maximum absolute atomic E-state index is 5.27. The molecule has 0 amide bonds. The predicted octanol–water partition coefficient (Wildman–Crippen LogP) is 3.35. The van der Waals surface area contributed by atoms with Crippen LogP contribution >= 0.6 is 0 Å². The van der Waals surface area contributed by atoms with Crippen LogP contribution in [0.3, 0.4) is 0 Å². The van der Waals surface area contributed by atoms with Crippen LogP contribution in [0.2, 0.25) is 0 Å². The normalized spacial score (nSPS) is 21.7. The van der Waals surface area contributed by atoms with E-state index in [0.717, 1.165) is 18.7 Å². The number of rotatable bonds is 1. The van der Waals surface area contributed by atoms with Crippen LogP contribution in [0.15, 0.2) is 35.3 Å². The Labute approximate surface area is 91.0 Å². The van der Waals surface area contributed by atoms with E-state index in [1.54, 1.807) is 7.11 Å². The van der Waals surface area contributed by atoms with E-state index in [0.29, 0.717) is 6.04 Å². The molecule has 1 aromatic carbocycles. The van der Waals surface area contributed by atoms with E-state index in [1.807, 2.05) is 6.07 Å². The van der Waals surface area contributed by atoms with Crippen LogP contribution in [0.5, 0.6) is 0 Å². The van der Waals surface area contributed by atoms with Crippen molar-refractivity contribution in [1.29, 1.82) is 0 Å². The third-order valence-corrected chi connectivity index (χ3v) is 2.84. The Morgan fingerprint density at radius 1 is 1.20 bits per heavy atom. The van der Waals surface area contributed by atoms with Gasteiger partial charge in [-0.1, -0.05) is 36.8 Å². The van der Waals surface area contributed by atoms with Gasteiger partial charge in [-0.2, -0.15) is 0 Å². The number of hydrogen-bond donors (Lipinski definition) is 0. The molecule has 2 nitrogen and oxygen atoms in total. The first-order valence-corrected chi connectivity index (χ1v) is 5.56. The molecule has 0 aliphatic carbocycles. The van der Waals surface area contributed by atoms with E-state index in [1.165, 1.54) is 18.4 Å². The van der Waals surface area contributed by atoms with Gasteiger partial charge in [0, 0.05) is 6.42 Å². The zero-order valence-corrected chi connectivity index (χ0v) is 9.15. The summed E-state index contributed by atoms with van der Waals surface area (Å²) in [5, 5.41) is 0. The van der Waals surface area contributed by atoms with Gasteiger partial charge in [-0.25, -0.2) is 4.99 Å². The Morgan fingerprint density at radius 3 is 2.73 bits per heavy atom. The lowest BCUT2D eigenvalue weighted by Crippen LogP contribution is -2.02. The maximum atomic E-state index is 5.27. The van der Waals surface area contributed by atoms with Gasteiger partial charge < -0.3 is 4.74 Å². The zero-order chi connectivity index (χ0) is 10.5. The van der Waals surface area contributed by atoms with Crippen LogP contribution in [0.1, 0.15) is 37.3 Å². The molecule has 1 aliphatic rings. The summed E-state index contributed by atoms with van der Waals surface area (Å²) in [6.45, 7) is 0. The van der Waals surface area contributed by atoms with Gasteiger partial charge in [-0.3, -0.25) is 0 Å². The molecule has 1 atom stereocenters. The third-order valence-electron chi connectivity index (χ3n) is 2.84. The Hall–Kier alpha value is -1.31. The molecular formula is C13H17NO. The van der Waals surface area contributed by atoms with Crippen molar-refractivity contribution in [3.8, 4) is 0 Å². The first-order chi connectivity index (χ1) is 7.40. The van der Waals surface area contributed by atoms with Gasteiger partial charge in [-0.05, 0) is 18.4 Å². The Morgan fingerprint density at radius 2 is 2.00 bits per heavy atom. The average Bonchev–Trinajstić information content (AvgIpc) is 2.55. The van der Waals surface area contributed by atoms with Crippen molar-refractivity contribution in [3.05, 3.63) is 35.9 Å². The Balaban J connectivity index is 2.20. The fraction of sp³-hybridized carbons (Fsp3) is 0.462. The molecule has 1 unspecified atom stereocenters. The minimum atomic E-state index is 0.295. The van der Waals surface area contributed by atoms with Crippen molar-refractivity contribution in [2.24, 2.45) is 4.99 Å². The molecule has 1 aromatic rings. The van der Waals surface area contributed by atoms with Crippen molar-refractivity contribution in [3.63, 3.8) is 0 Å². The summed E-state index contributed by atoms with van der Waals surface area (Å²) < 4.78 is 5.27. The van der Waals surface area contributed by atoms with Gasteiger partial charge in [0.1, 0.15) is 0 Å². The summed E-state index contributed by atoms with van der Waals surface area (Å²) in [5.74, 6) is 0.904. The first kappa shape index (κ1) is 10.2. The molecule has 80 valence electrons. The molecule has 0 radical (unpaired) electrons. The van der Waals surface area contributed by atoms with E-state index < -0.39 is 0 Å². The summed E-state index contributed by atoms with van der Waals surface area (Å²) in [5.41, 5.74) is 1.30. The van der Waals surface area contributed by atoms with Gasteiger partial charge in [0.05, 0.1) is 13.2 Å². The Kier molecular flexibility index (Phi) is 3.38. The zero-order valence-electron chi connectivity index (χ0n) is 9.15. The van der Waals surface area contributed by atoms with E-state index in [-0.39, 0.29) is 0 Å². The second-order valence-electron chi connectivity index (χ2n) is 3.90. The van der Waals surface area contributed by atoms with Crippen molar-refractivity contribution in [2.45, 2.75) is 31.7 Å². The van der Waals surface area contributed by atoms with E-state index in [9.17, 15) is 0 Å². The second-order valence-corrected chi connectivity index (χ2v) is 3.90. The molecule has 1 heterocycles. The lowest BCUT2D eigenvalue weighted by molar-refractivity contribution is 0.386. The van der Waals surface area contributed by atoms with Crippen molar-refractivity contribution in [1.82, 2.24) is 0 Å². The topological polar surface area (TPSA) is 21.6 Å². The molecule has 0 aromatic heterocycles. The van der Waals surface area contributed by atoms with Crippen molar-refractivity contribution >= 4 is 5.90 Å². The van der Waals surface area contributed by atoms with Gasteiger partial charge in [0.2, 0.25) is 0 Å². The number of aliphatic imine (C=N–C) groups is 1. The fourth-order valence-electron chi connectivity index (χ4n) is 1.99. The lowest BCUT2D eigenvalue weighted by atomic mass is 10.0. The van der Waals surface area contributed by atoms with Gasteiger partial charge in [-0.15, -0.1) is 0 Å². The van der Waals surface area contributed by atoms with E-state index in [2.05, 4.69) is 29.3 Å². The van der Waals surface area contributed by atoms with Gasteiger partial charge in [0.15, 0.2) is 5.90 Å². The SMILES string of the molecule is COC1=NC(c2ccccc2)CCCC1. The predicted molar refractivity (Wildman–Crippen MR) is 62.1 cm³/mol. The van der Waals surface area contributed by atoms with Crippen molar-refractivity contribution in [2.75, 3.05) is 7.11 Å². The molecule has 1 aliphatic heterocycles. The number of hydrogen-bond acceptors (Lipinski definition) is 2. The highest BCUT2D eigenvalue weighted by Crippen LogP contribution is 2.27. The Bertz CT molecular complexity index is 332. The monoisotopic (exact) mass is 203 g/mol. The number of ether oxygens (including phenoxy) is 1. The van der Waals surface area contributed by atoms with E-state index >= 15 is 0 Å². The van der Waals surface area contributed by atoms with Crippen LogP contribution < -0.4 is 0 Å². The highest BCUT2D eigenvalue weighted by molar-refractivity contribution is 5.76. The van der Waals surface area contributed by atoms with Gasteiger partial charge >= 0.3 is 0 Å². The highest BCUT2D eigenvalue weighted by Gasteiger charge is 2.14. The smallest absolute Gasteiger partial charge is 0.183 e. The van der Waals surface area contributed by atoms with Gasteiger partial charge in [0.25, 0.3) is 0 Å². The molecule has 2 heteroatoms. The molecule has 2 rings (SSSR count). The van der Waals surface area contributed by atoms with Crippen LogP contribution in [0, 0.1) is 0 Å². The average molecular weight is 203 g/mol. The maximum Gasteiger partial charge on any atom is 0.183 e. The molecule has 0 bridgehead atoms. The molecule has 15 heavy (non-hydrogen) atoms. The summed E-state index contributed by atoms with van der Waals surface area (Å²) in [7, 11) is 1.71. The molecule has 0 N–H and O–H groups in total. The minimum Gasteiger partial charge on any atom is -0.484 e. The first-order valence-electron chi connectivity index (χ1n) is 5.56. The second kappa shape index (κ2) is 4.96. The van der Waals surface area contributed by atoms with Crippen LogP contribution in [0.25, 0.3) is 0 Å². The number of nitrogens with zero attached hydrogens (tertiary/aromatic N) is 1.